The Balaban J connectivity index is 1.41. The number of carboxylic acid groups (broad SMARTS) is 1. The quantitative estimate of drug-likeness (QED) is 0.330. The van der Waals surface area contributed by atoms with Gasteiger partial charge < -0.3 is 20.5 Å². The molecule has 0 saturated carbocycles. The number of ether oxygens (including phenoxy) is 1. The Labute approximate surface area is 199 Å². The number of nitro benzene ring substituents is 1. The van der Waals surface area contributed by atoms with Crippen LogP contribution in [-0.4, -0.2) is 40.6 Å². The Morgan fingerprint density at radius 3 is 2.06 bits per heavy atom. The van der Waals surface area contributed by atoms with E-state index < -0.39 is 35.4 Å². The average molecular weight is 475 g/mol. The molecule has 0 fully saturated rings. The second-order valence-corrected chi connectivity index (χ2v) is 7.91. The molecule has 10 heteroatoms. The molecule has 1 aliphatic rings. The molecule has 3 aromatic rings. The molecule has 0 bridgehead atoms. The summed E-state index contributed by atoms with van der Waals surface area (Å²) in [7, 11) is 0. The number of alkyl carbamates (subject to hydrolysis) is 1. The van der Waals surface area contributed by atoms with Crippen molar-refractivity contribution in [2.45, 2.75) is 18.4 Å². The zero-order valence-electron chi connectivity index (χ0n) is 18.3. The number of nitrogens with zero attached hydrogens (tertiary/aromatic N) is 1. The summed E-state index contributed by atoms with van der Waals surface area (Å²) in [4.78, 5) is 46.6. The lowest BCUT2D eigenvalue weighted by Crippen LogP contribution is -2.45. The summed E-state index contributed by atoms with van der Waals surface area (Å²) in [6.45, 7) is 0.00359. The number of carbonyl (C=O) groups excluding carboxylic acids is 2. The molecule has 0 unspecified atom stereocenters. The minimum Gasteiger partial charge on any atom is -0.481 e. The number of carboxylic acids is 1. The van der Waals surface area contributed by atoms with Crippen molar-refractivity contribution in [1.29, 1.82) is 0 Å². The van der Waals surface area contributed by atoms with Crippen LogP contribution >= 0.6 is 0 Å². The van der Waals surface area contributed by atoms with Gasteiger partial charge in [-0.05, 0) is 34.4 Å². The maximum atomic E-state index is 12.6. The van der Waals surface area contributed by atoms with E-state index in [-0.39, 0.29) is 23.9 Å². The molecular formula is C25H21N3O7. The number of aliphatic carboxylic acids is 1. The number of nitrogens with one attached hydrogen (secondary N) is 2. The highest BCUT2D eigenvalue weighted by Gasteiger charge is 2.30. The van der Waals surface area contributed by atoms with Crippen molar-refractivity contribution >= 4 is 29.3 Å². The first-order valence-electron chi connectivity index (χ1n) is 10.7. The molecule has 10 nitrogen and oxygen atoms in total. The van der Waals surface area contributed by atoms with Crippen LogP contribution in [0.25, 0.3) is 11.1 Å². The number of hydrogen-bond acceptors (Lipinski definition) is 6. The van der Waals surface area contributed by atoms with Crippen LogP contribution in [0.3, 0.4) is 0 Å². The summed E-state index contributed by atoms with van der Waals surface area (Å²) >= 11 is 0. The predicted molar refractivity (Wildman–Crippen MR) is 126 cm³/mol. The van der Waals surface area contributed by atoms with Gasteiger partial charge in [-0.15, -0.1) is 0 Å². The number of hydrogen-bond donors (Lipinski definition) is 3. The van der Waals surface area contributed by atoms with Gasteiger partial charge in [0, 0.05) is 23.7 Å². The van der Waals surface area contributed by atoms with E-state index in [0.717, 1.165) is 22.3 Å². The van der Waals surface area contributed by atoms with Gasteiger partial charge in [-0.2, -0.15) is 0 Å². The first-order valence-corrected chi connectivity index (χ1v) is 10.7. The van der Waals surface area contributed by atoms with Gasteiger partial charge in [0.05, 0.1) is 11.3 Å². The molecule has 1 aliphatic carbocycles. The zero-order valence-corrected chi connectivity index (χ0v) is 18.3. The minimum atomic E-state index is -1.42. The molecule has 35 heavy (non-hydrogen) atoms. The van der Waals surface area contributed by atoms with Crippen molar-refractivity contribution in [1.82, 2.24) is 5.32 Å². The maximum absolute atomic E-state index is 12.6. The molecule has 0 heterocycles. The number of amides is 2. The normalized spacial score (nSPS) is 12.7. The van der Waals surface area contributed by atoms with E-state index in [1.165, 1.54) is 24.3 Å². The molecule has 3 N–H and O–H groups in total. The van der Waals surface area contributed by atoms with E-state index in [1.54, 1.807) is 0 Å². The fourth-order valence-electron chi connectivity index (χ4n) is 4.06. The van der Waals surface area contributed by atoms with Gasteiger partial charge in [-0.3, -0.25) is 19.7 Å². The standard InChI is InChI=1S/C25H21N3O7/c29-23(30)13-22(24(31)26-15-9-11-16(12-10-15)28(33)34)27-25(32)35-14-21-19-7-3-1-5-17(19)18-6-2-4-8-20(18)21/h1-12,21-22H,13-14H2,(H,26,31)(H,27,32)(H,29,30)/t22-/m0/s1. The minimum absolute atomic E-state index is 0.00359. The lowest BCUT2D eigenvalue weighted by Gasteiger charge is -2.18. The summed E-state index contributed by atoms with van der Waals surface area (Å²) in [5, 5.41) is 24.7. The molecule has 2 amide bonds. The second-order valence-electron chi connectivity index (χ2n) is 7.91. The van der Waals surface area contributed by atoms with Crippen LogP contribution in [0.1, 0.15) is 23.5 Å². The summed E-state index contributed by atoms with van der Waals surface area (Å²) in [5.41, 5.74) is 4.19. The third kappa shape index (κ3) is 5.27. The molecule has 0 aromatic heterocycles. The summed E-state index contributed by atoms with van der Waals surface area (Å²) in [5.74, 6) is -2.29. The smallest absolute Gasteiger partial charge is 0.407 e. The van der Waals surface area contributed by atoms with Crippen LogP contribution in [0.15, 0.2) is 72.8 Å². The molecule has 3 aromatic carbocycles. The van der Waals surface area contributed by atoms with Gasteiger partial charge in [0.1, 0.15) is 12.6 Å². The van der Waals surface area contributed by atoms with Crippen LogP contribution in [0.2, 0.25) is 0 Å². The summed E-state index contributed by atoms with van der Waals surface area (Å²) < 4.78 is 5.40. The number of nitro groups is 1. The van der Waals surface area contributed by atoms with Gasteiger partial charge in [0.15, 0.2) is 0 Å². The summed E-state index contributed by atoms with van der Waals surface area (Å²) in [6.07, 6.45) is -1.61. The van der Waals surface area contributed by atoms with Crippen molar-refractivity contribution in [2.24, 2.45) is 0 Å². The van der Waals surface area contributed by atoms with E-state index in [4.69, 9.17) is 4.74 Å². The van der Waals surface area contributed by atoms with Gasteiger partial charge in [-0.25, -0.2) is 4.79 Å². The highest BCUT2D eigenvalue weighted by molar-refractivity contribution is 5.98. The summed E-state index contributed by atoms with van der Waals surface area (Å²) in [6, 6.07) is 19.2. The molecule has 1 atom stereocenters. The van der Waals surface area contributed by atoms with Gasteiger partial charge >= 0.3 is 12.1 Å². The molecule has 178 valence electrons. The Bertz CT molecular complexity index is 1240. The lowest BCUT2D eigenvalue weighted by molar-refractivity contribution is -0.384. The Morgan fingerprint density at radius 1 is 0.943 bits per heavy atom. The molecule has 4 rings (SSSR count). The van der Waals surface area contributed by atoms with Crippen molar-refractivity contribution in [2.75, 3.05) is 11.9 Å². The largest absolute Gasteiger partial charge is 0.481 e. The molecule has 0 spiro atoms. The monoisotopic (exact) mass is 475 g/mol. The van der Waals surface area contributed by atoms with Gasteiger partial charge in [-0.1, -0.05) is 48.5 Å². The maximum Gasteiger partial charge on any atom is 0.407 e. The number of rotatable bonds is 8. The number of benzene rings is 3. The molecular weight excluding hydrogens is 454 g/mol. The Morgan fingerprint density at radius 2 is 1.51 bits per heavy atom. The fraction of sp³-hybridized carbons (Fsp3) is 0.160. The molecule has 0 saturated heterocycles. The second kappa shape index (κ2) is 10.0. The topological polar surface area (TPSA) is 148 Å². The third-order valence-corrected chi connectivity index (χ3v) is 5.68. The van der Waals surface area contributed by atoms with Crippen molar-refractivity contribution < 1.29 is 29.2 Å². The van der Waals surface area contributed by atoms with E-state index in [9.17, 15) is 29.6 Å². The Kier molecular flexibility index (Phi) is 6.72. The number of fused-ring (bicyclic) bond motifs is 3. The van der Waals surface area contributed by atoms with E-state index >= 15 is 0 Å². The van der Waals surface area contributed by atoms with E-state index in [0.29, 0.717) is 0 Å². The van der Waals surface area contributed by atoms with Crippen molar-refractivity contribution in [3.05, 3.63) is 94.0 Å². The van der Waals surface area contributed by atoms with Crippen molar-refractivity contribution in [3.63, 3.8) is 0 Å². The predicted octanol–water partition coefficient (Wildman–Crippen LogP) is 3.92. The number of non-ortho nitro benzene ring substituents is 1. The van der Waals surface area contributed by atoms with Crippen molar-refractivity contribution in [3.8, 4) is 11.1 Å². The first kappa shape index (κ1) is 23.4. The number of anilines is 1. The third-order valence-electron chi connectivity index (χ3n) is 5.68. The van der Waals surface area contributed by atoms with E-state index in [1.807, 2.05) is 48.5 Å². The van der Waals surface area contributed by atoms with Crippen LogP contribution in [-0.2, 0) is 14.3 Å². The molecule has 0 radical (unpaired) electrons. The van der Waals surface area contributed by atoms with Crippen LogP contribution in [0.4, 0.5) is 16.2 Å². The Hall–Kier alpha value is -4.73. The molecule has 0 aliphatic heterocycles. The highest BCUT2D eigenvalue weighted by Crippen LogP contribution is 2.44. The fourth-order valence-corrected chi connectivity index (χ4v) is 4.06. The van der Waals surface area contributed by atoms with Crippen LogP contribution in [0, 0.1) is 10.1 Å². The van der Waals surface area contributed by atoms with Gasteiger partial charge in [0.2, 0.25) is 5.91 Å². The number of carbonyl (C=O) groups is 3. The highest BCUT2D eigenvalue weighted by atomic mass is 16.6. The lowest BCUT2D eigenvalue weighted by atomic mass is 9.98. The van der Waals surface area contributed by atoms with E-state index in [2.05, 4.69) is 10.6 Å². The van der Waals surface area contributed by atoms with Crippen LogP contribution in [0.5, 0.6) is 0 Å². The average Bonchev–Trinajstić information content (AvgIpc) is 3.16. The van der Waals surface area contributed by atoms with Crippen LogP contribution < -0.4 is 10.6 Å². The SMILES string of the molecule is O=C(O)C[C@H](NC(=O)OCC1c2ccccc2-c2ccccc21)C(=O)Nc1ccc([N+](=O)[O-])cc1. The first-order chi connectivity index (χ1) is 16.8. The zero-order chi connectivity index (χ0) is 24.9. The van der Waals surface area contributed by atoms with Gasteiger partial charge in [0.25, 0.3) is 5.69 Å².